The fourth-order valence-electron chi connectivity index (χ4n) is 2.19. The van der Waals surface area contributed by atoms with Gasteiger partial charge >= 0.3 is 0 Å². The minimum Gasteiger partial charge on any atom is -0.444 e. The highest BCUT2D eigenvalue weighted by atomic mass is 32.1. The van der Waals surface area contributed by atoms with Gasteiger partial charge in [0.1, 0.15) is 12.1 Å². The number of nitrogens with zero attached hydrogens (tertiary/aromatic N) is 1. The van der Waals surface area contributed by atoms with E-state index in [1.54, 1.807) is 6.07 Å². The average molecular weight is 346 g/mol. The van der Waals surface area contributed by atoms with Gasteiger partial charge in [0.2, 0.25) is 11.8 Å². The summed E-state index contributed by atoms with van der Waals surface area (Å²) in [5, 5.41) is 13.7. The predicted molar refractivity (Wildman–Crippen MR) is 87.7 cm³/mol. The number of thiophene rings is 1. The van der Waals surface area contributed by atoms with Crippen molar-refractivity contribution in [3.63, 3.8) is 0 Å². The van der Waals surface area contributed by atoms with Gasteiger partial charge in [0, 0.05) is 12.1 Å². The van der Waals surface area contributed by atoms with E-state index in [1.807, 2.05) is 17.5 Å². The summed E-state index contributed by atoms with van der Waals surface area (Å²) in [7, 11) is 0. The zero-order chi connectivity index (χ0) is 16.9. The summed E-state index contributed by atoms with van der Waals surface area (Å²) in [6, 6.07) is 8.17. The zero-order valence-electron chi connectivity index (χ0n) is 12.7. The molecule has 1 amide bonds. The van der Waals surface area contributed by atoms with Crippen LogP contribution in [0, 0.1) is 5.82 Å². The number of oxazole rings is 1. The molecular formula is C17H15FN2O3S. The molecule has 1 aromatic carbocycles. The summed E-state index contributed by atoms with van der Waals surface area (Å²) in [6.45, 7) is -0.125. The van der Waals surface area contributed by atoms with Crippen LogP contribution in [0.2, 0.25) is 0 Å². The first-order valence-corrected chi connectivity index (χ1v) is 8.17. The van der Waals surface area contributed by atoms with E-state index in [0.29, 0.717) is 17.1 Å². The van der Waals surface area contributed by atoms with Gasteiger partial charge in [-0.3, -0.25) is 4.79 Å². The fourth-order valence-corrected chi connectivity index (χ4v) is 2.84. The molecule has 2 aromatic heterocycles. The number of carbonyl (C=O) groups is 1. The number of halogens is 1. The molecule has 0 saturated carbocycles. The second kappa shape index (κ2) is 7.37. The van der Waals surface area contributed by atoms with Gasteiger partial charge in [-0.15, -0.1) is 11.3 Å². The summed E-state index contributed by atoms with van der Waals surface area (Å²) >= 11 is 1.51. The molecular weight excluding hydrogens is 331 g/mol. The molecule has 0 aliphatic rings. The highest BCUT2D eigenvalue weighted by Crippen LogP contribution is 2.23. The Morgan fingerprint density at radius 3 is 3.00 bits per heavy atom. The Bertz CT molecular complexity index is 830. The summed E-state index contributed by atoms with van der Waals surface area (Å²) in [6.07, 6.45) is 1.57. The maximum absolute atomic E-state index is 13.3. The van der Waals surface area contributed by atoms with Crippen molar-refractivity contribution in [2.24, 2.45) is 0 Å². The molecule has 0 aliphatic carbocycles. The van der Waals surface area contributed by atoms with Crippen molar-refractivity contribution in [2.45, 2.75) is 19.6 Å². The number of amides is 1. The Morgan fingerprint density at radius 1 is 1.38 bits per heavy atom. The van der Waals surface area contributed by atoms with Gasteiger partial charge in [-0.05, 0) is 29.1 Å². The van der Waals surface area contributed by atoms with Crippen LogP contribution in [0.15, 0.2) is 46.4 Å². The molecule has 0 spiro atoms. The number of rotatable bonds is 6. The molecule has 0 unspecified atom stereocenters. The van der Waals surface area contributed by atoms with Crippen molar-refractivity contribution in [2.75, 3.05) is 0 Å². The van der Waals surface area contributed by atoms with Crippen molar-refractivity contribution < 1.29 is 18.7 Å². The summed E-state index contributed by atoms with van der Waals surface area (Å²) in [5.74, 6) is -0.175. The zero-order valence-corrected chi connectivity index (χ0v) is 13.5. The predicted octanol–water partition coefficient (Wildman–Crippen LogP) is 2.89. The smallest absolute Gasteiger partial charge is 0.236 e. The van der Waals surface area contributed by atoms with Crippen molar-refractivity contribution >= 4 is 17.2 Å². The summed E-state index contributed by atoms with van der Waals surface area (Å²) in [5.41, 5.74) is 1.47. The van der Waals surface area contributed by atoms with E-state index < -0.39 is 5.82 Å². The topological polar surface area (TPSA) is 75.4 Å². The van der Waals surface area contributed by atoms with Crippen molar-refractivity contribution in [3.05, 3.63) is 64.6 Å². The monoisotopic (exact) mass is 346 g/mol. The molecule has 0 radical (unpaired) electrons. The number of aromatic nitrogens is 1. The second-order valence-corrected chi connectivity index (χ2v) is 6.11. The van der Waals surface area contributed by atoms with E-state index in [2.05, 4.69) is 10.3 Å². The van der Waals surface area contributed by atoms with Gasteiger partial charge in [0.05, 0.1) is 23.6 Å². The van der Waals surface area contributed by atoms with Gasteiger partial charge < -0.3 is 14.8 Å². The van der Waals surface area contributed by atoms with Gasteiger partial charge in [-0.2, -0.15) is 0 Å². The first-order chi connectivity index (χ1) is 11.7. The third-order valence-electron chi connectivity index (χ3n) is 3.40. The second-order valence-electron chi connectivity index (χ2n) is 5.16. The van der Waals surface area contributed by atoms with Crippen LogP contribution in [0.1, 0.15) is 16.8 Å². The molecule has 124 valence electrons. The lowest BCUT2D eigenvalue weighted by Gasteiger charge is -2.06. The average Bonchev–Trinajstić information content (AvgIpc) is 3.25. The first-order valence-electron chi connectivity index (χ1n) is 7.29. The molecule has 5 nitrogen and oxygen atoms in total. The minimum absolute atomic E-state index is 0.100. The van der Waals surface area contributed by atoms with Crippen LogP contribution >= 0.6 is 11.3 Å². The molecule has 0 atom stereocenters. The van der Waals surface area contributed by atoms with E-state index >= 15 is 0 Å². The molecule has 0 fully saturated rings. The number of aliphatic hydroxyl groups excluding tert-OH is 1. The Morgan fingerprint density at radius 2 is 2.25 bits per heavy atom. The molecule has 3 rings (SSSR count). The van der Waals surface area contributed by atoms with Gasteiger partial charge in [0.25, 0.3) is 0 Å². The number of nitrogens with one attached hydrogen (secondary N) is 1. The van der Waals surface area contributed by atoms with Crippen LogP contribution < -0.4 is 5.32 Å². The molecule has 0 aliphatic heterocycles. The Balaban J connectivity index is 1.56. The molecule has 24 heavy (non-hydrogen) atoms. The quantitative estimate of drug-likeness (QED) is 0.720. The van der Waals surface area contributed by atoms with Crippen molar-refractivity contribution in [3.8, 4) is 10.8 Å². The number of hydrogen-bond donors (Lipinski definition) is 2. The maximum Gasteiger partial charge on any atom is 0.236 e. The van der Waals surface area contributed by atoms with Crippen LogP contribution in [-0.4, -0.2) is 16.0 Å². The molecule has 7 heteroatoms. The number of benzene rings is 1. The van der Waals surface area contributed by atoms with Gasteiger partial charge in [0.15, 0.2) is 0 Å². The third kappa shape index (κ3) is 3.87. The molecule has 0 saturated heterocycles. The van der Waals surface area contributed by atoms with E-state index in [1.165, 1.54) is 29.7 Å². The Hall–Kier alpha value is -2.51. The van der Waals surface area contributed by atoms with Crippen molar-refractivity contribution in [1.29, 1.82) is 0 Å². The highest BCUT2D eigenvalue weighted by molar-refractivity contribution is 7.13. The molecule has 0 bridgehead atoms. The van der Waals surface area contributed by atoms with Crippen LogP contribution in [0.4, 0.5) is 4.39 Å². The highest BCUT2D eigenvalue weighted by Gasteiger charge is 2.11. The SMILES string of the molecule is O=C(Cc1coc(-c2cccs2)n1)NCc1ccc(F)c(CO)c1. The van der Waals surface area contributed by atoms with Gasteiger partial charge in [-0.25, -0.2) is 9.37 Å². The van der Waals surface area contributed by atoms with Crippen LogP contribution in [-0.2, 0) is 24.4 Å². The van der Waals surface area contributed by atoms with Crippen molar-refractivity contribution in [1.82, 2.24) is 10.3 Å². The van der Waals surface area contributed by atoms with E-state index in [9.17, 15) is 9.18 Å². The first kappa shape index (κ1) is 16.4. The summed E-state index contributed by atoms with van der Waals surface area (Å²) < 4.78 is 18.7. The minimum atomic E-state index is -0.462. The fraction of sp³-hybridized carbons (Fsp3) is 0.176. The summed E-state index contributed by atoms with van der Waals surface area (Å²) in [4.78, 5) is 17.2. The maximum atomic E-state index is 13.3. The van der Waals surface area contributed by atoms with Crippen LogP contribution in [0.5, 0.6) is 0 Å². The molecule has 2 N–H and O–H groups in total. The lowest BCUT2D eigenvalue weighted by atomic mass is 10.1. The standard InChI is InChI=1S/C17H15FN2O3S/c18-14-4-3-11(6-12(14)9-21)8-19-16(22)7-13-10-23-17(20-13)15-2-1-5-24-15/h1-6,10,21H,7-9H2,(H,19,22). The van der Waals surface area contributed by atoms with E-state index in [0.717, 1.165) is 4.88 Å². The lowest BCUT2D eigenvalue weighted by molar-refractivity contribution is -0.120. The number of carbonyl (C=O) groups excluding carboxylic acids is 1. The molecule has 3 aromatic rings. The van der Waals surface area contributed by atoms with E-state index in [-0.39, 0.29) is 31.0 Å². The largest absolute Gasteiger partial charge is 0.444 e. The molecule has 2 heterocycles. The van der Waals surface area contributed by atoms with Crippen LogP contribution in [0.25, 0.3) is 10.8 Å². The van der Waals surface area contributed by atoms with E-state index in [4.69, 9.17) is 9.52 Å². The Labute approximate surface area is 141 Å². The van der Waals surface area contributed by atoms with Crippen LogP contribution in [0.3, 0.4) is 0 Å². The Kier molecular flexibility index (Phi) is 5.02. The lowest BCUT2D eigenvalue weighted by Crippen LogP contribution is -2.24. The van der Waals surface area contributed by atoms with Gasteiger partial charge in [-0.1, -0.05) is 12.1 Å². The number of hydrogen-bond acceptors (Lipinski definition) is 5. The normalized spacial score (nSPS) is 10.8. The third-order valence-corrected chi connectivity index (χ3v) is 4.25. The number of aliphatic hydroxyl groups is 1.